The number of H-pyrrole nitrogens is 2. The topological polar surface area (TPSA) is 94.1 Å². The van der Waals surface area contributed by atoms with E-state index in [4.69, 9.17) is 0 Å². The second kappa shape index (κ2) is 4.17. The Morgan fingerprint density at radius 1 is 1.05 bits per heavy atom. The number of nitrogens with one attached hydrogen (secondary N) is 2. The molecule has 0 bridgehead atoms. The van der Waals surface area contributed by atoms with Gasteiger partial charge in [-0.3, -0.25) is 0 Å². The lowest BCUT2D eigenvalue weighted by atomic mass is 10.1. The number of rotatable bonds is 2. The van der Waals surface area contributed by atoms with Gasteiger partial charge in [0.05, 0.1) is 11.3 Å². The molecule has 4 rings (SSSR count). The van der Waals surface area contributed by atoms with Crippen LogP contribution in [-0.4, -0.2) is 20.1 Å². The molecule has 0 aliphatic carbocycles. The van der Waals surface area contributed by atoms with Gasteiger partial charge < -0.3 is 15.1 Å². The molecule has 0 saturated carbocycles. The van der Waals surface area contributed by atoms with Crippen LogP contribution in [0.25, 0.3) is 33.2 Å². The van der Waals surface area contributed by atoms with Gasteiger partial charge in [0.1, 0.15) is 11.3 Å². The Balaban J connectivity index is 2.13. The van der Waals surface area contributed by atoms with Gasteiger partial charge in [-0.2, -0.15) is 0 Å². The summed E-state index contributed by atoms with van der Waals surface area (Å²) in [4.78, 5) is 21.4. The largest absolute Gasteiger partial charge is 0.494 e. The number of fused-ring (bicyclic) bond motifs is 2. The van der Waals surface area contributed by atoms with Crippen LogP contribution in [0.3, 0.4) is 0 Å². The predicted molar refractivity (Wildman–Crippen MR) is 80.5 cm³/mol. The van der Waals surface area contributed by atoms with Gasteiger partial charge in [0.15, 0.2) is 5.88 Å². The molecule has 4 aromatic rings. The maximum atomic E-state index is 11.3. The third-order valence-corrected chi connectivity index (χ3v) is 3.57. The number of benzene rings is 1. The second-order valence-corrected chi connectivity index (χ2v) is 4.73. The van der Waals surface area contributed by atoms with Gasteiger partial charge in [0.2, 0.25) is 0 Å². The Morgan fingerprint density at radius 2 is 1.86 bits per heavy atom. The second-order valence-electron chi connectivity index (χ2n) is 4.73. The van der Waals surface area contributed by atoms with Gasteiger partial charge in [-0.25, -0.2) is 4.98 Å². The van der Waals surface area contributed by atoms with Gasteiger partial charge in [0, 0.05) is 22.5 Å². The molecule has 3 N–H and O–H groups in total. The molecule has 3 aromatic heterocycles. The summed E-state index contributed by atoms with van der Waals surface area (Å²) in [6.45, 7) is 0. The molecule has 0 unspecified atom stereocenters. The van der Waals surface area contributed by atoms with Crippen LogP contribution in [0.2, 0.25) is 0 Å². The van der Waals surface area contributed by atoms with E-state index in [2.05, 4.69) is 20.1 Å². The molecule has 0 spiro atoms. The van der Waals surface area contributed by atoms with Crippen LogP contribution in [0, 0.1) is 4.91 Å². The lowest BCUT2D eigenvalue weighted by Gasteiger charge is -1.98. The zero-order valence-electron chi connectivity index (χ0n) is 10.8. The first-order valence-electron chi connectivity index (χ1n) is 6.39. The summed E-state index contributed by atoms with van der Waals surface area (Å²) in [6.07, 6.45) is 1.63. The normalized spacial score (nSPS) is 11.2. The molecule has 0 atom stereocenters. The first-order chi connectivity index (χ1) is 10.3. The smallest absolute Gasteiger partial charge is 0.199 e. The highest BCUT2D eigenvalue weighted by atomic mass is 16.3. The highest BCUT2D eigenvalue weighted by molar-refractivity contribution is 6.06. The maximum Gasteiger partial charge on any atom is 0.199 e. The van der Waals surface area contributed by atoms with Gasteiger partial charge >= 0.3 is 0 Å². The van der Waals surface area contributed by atoms with Crippen LogP contribution in [0.15, 0.2) is 47.8 Å². The van der Waals surface area contributed by atoms with Crippen LogP contribution in [-0.2, 0) is 0 Å². The summed E-state index contributed by atoms with van der Waals surface area (Å²) in [5.41, 5.74) is 2.59. The van der Waals surface area contributed by atoms with E-state index in [1.807, 2.05) is 24.3 Å². The Kier molecular flexibility index (Phi) is 2.32. The minimum Gasteiger partial charge on any atom is -0.494 e. The lowest BCUT2D eigenvalue weighted by molar-refractivity contribution is 0.460. The third kappa shape index (κ3) is 1.56. The maximum absolute atomic E-state index is 11.3. The highest BCUT2D eigenvalue weighted by Gasteiger charge is 2.21. The fraction of sp³-hybridized carbons (Fsp3) is 0. The van der Waals surface area contributed by atoms with Crippen molar-refractivity contribution < 1.29 is 5.11 Å². The number of pyridine rings is 1. The van der Waals surface area contributed by atoms with E-state index in [1.165, 1.54) is 0 Å². The number of para-hydroxylation sites is 1. The van der Waals surface area contributed by atoms with E-state index in [0.717, 1.165) is 10.9 Å². The summed E-state index contributed by atoms with van der Waals surface area (Å²) in [5, 5.41) is 14.8. The van der Waals surface area contributed by atoms with Crippen LogP contribution >= 0.6 is 0 Å². The molecule has 6 nitrogen and oxygen atoms in total. The van der Waals surface area contributed by atoms with E-state index in [9.17, 15) is 10.0 Å². The van der Waals surface area contributed by atoms with Crippen LogP contribution in [0.5, 0.6) is 5.88 Å². The molecule has 0 aliphatic heterocycles. The molecule has 0 saturated heterocycles. The van der Waals surface area contributed by atoms with Crippen LogP contribution in [0.1, 0.15) is 0 Å². The Morgan fingerprint density at radius 3 is 2.71 bits per heavy atom. The molecule has 21 heavy (non-hydrogen) atoms. The first-order valence-corrected chi connectivity index (χ1v) is 6.39. The van der Waals surface area contributed by atoms with Crippen molar-refractivity contribution in [1.82, 2.24) is 15.0 Å². The zero-order valence-corrected chi connectivity index (χ0v) is 10.8. The molecule has 0 fully saturated rings. The van der Waals surface area contributed by atoms with Crippen LogP contribution < -0.4 is 0 Å². The number of aromatic nitrogens is 3. The Labute approximate surface area is 118 Å². The minimum absolute atomic E-state index is 0.00680. The summed E-state index contributed by atoms with van der Waals surface area (Å²) in [7, 11) is 0. The van der Waals surface area contributed by atoms with E-state index in [-0.39, 0.29) is 11.6 Å². The molecule has 102 valence electrons. The summed E-state index contributed by atoms with van der Waals surface area (Å²) in [6, 6.07) is 11.0. The lowest BCUT2D eigenvalue weighted by Crippen LogP contribution is -1.77. The van der Waals surface area contributed by atoms with Crippen molar-refractivity contribution in [3.8, 4) is 17.1 Å². The molecule has 3 heterocycles. The van der Waals surface area contributed by atoms with Crippen molar-refractivity contribution in [2.24, 2.45) is 5.18 Å². The number of nitrogens with zero attached hydrogens (tertiary/aromatic N) is 2. The molecular weight excluding hydrogens is 268 g/mol. The summed E-state index contributed by atoms with van der Waals surface area (Å²) < 4.78 is 0. The van der Waals surface area contributed by atoms with Gasteiger partial charge in [-0.1, -0.05) is 18.2 Å². The minimum atomic E-state index is -0.00680. The Bertz CT molecular complexity index is 984. The van der Waals surface area contributed by atoms with E-state index in [1.54, 1.807) is 18.3 Å². The number of aromatic hydroxyl groups is 1. The van der Waals surface area contributed by atoms with Gasteiger partial charge in [0.25, 0.3) is 0 Å². The van der Waals surface area contributed by atoms with Crippen molar-refractivity contribution in [2.45, 2.75) is 0 Å². The molecular formula is C15H10N4O2. The number of hydrogen-bond acceptors (Lipinski definition) is 4. The van der Waals surface area contributed by atoms with Gasteiger partial charge in [-0.05, 0) is 23.4 Å². The number of aromatic amines is 2. The van der Waals surface area contributed by atoms with Crippen molar-refractivity contribution in [2.75, 3.05) is 0 Å². The number of nitroso groups, excluding NO2 is 1. The average Bonchev–Trinajstić information content (AvgIpc) is 3.02. The first kappa shape index (κ1) is 11.7. The summed E-state index contributed by atoms with van der Waals surface area (Å²) >= 11 is 0. The third-order valence-electron chi connectivity index (χ3n) is 3.57. The standard InChI is InChI=1S/C15H10N4O2/c20-15-11(8-4-1-2-6-10(8)17-15)13-12(19-21)9-5-3-7-16-14(9)18-13/h1-7,17,20H,(H,16,18). The van der Waals surface area contributed by atoms with Crippen molar-refractivity contribution in [3.63, 3.8) is 0 Å². The van der Waals surface area contributed by atoms with Crippen molar-refractivity contribution in [1.29, 1.82) is 0 Å². The summed E-state index contributed by atoms with van der Waals surface area (Å²) in [5.74, 6) is -0.00680. The fourth-order valence-electron chi connectivity index (χ4n) is 2.66. The molecule has 1 aromatic carbocycles. The molecule has 0 amide bonds. The molecule has 0 aliphatic rings. The molecule has 6 heteroatoms. The van der Waals surface area contributed by atoms with E-state index >= 15 is 0 Å². The monoisotopic (exact) mass is 278 g/mol. The fourth-order valence-corrected chi connectivity index (χ4v) is 2.66. The number of hydrogen-bond donors (Lipinski definition) is 3. The van der Waals surface area contributed by atoms with Crippen molar-refractivity contribution in [3.05, 3.63) is 47.5 Å². The Hall–Kier alpha value is -3.15. The average molecular weight is 278 g/mol. The molecule has 0 radical (unpaired) electrons. The van der Waals surface area contributed by atoms with E-state index in [0.29, 0.717) is 22.3 Å². The van der Waals surface area contributed by atoms with Gasteiger partial charge in [-0.15, -0.1) is 4.91 Å². The SMILES string of the molecule is O=Nc1c(-c2c(O)[nH]c3ccccc23)[nH]c2ncccc12. The predicted octanol–water partition coefficient (Wildman–Crippen LogP) is 3.81. The highest BCUT2D eigenvalue weighted by Crippen LogP contribution is 2.43. The zero-order chi connectivity index (χ0) is 14.4. The quantitative estimate of drug-likeness (QED) is 0.486. The van der Waals surface area contributed by atoms with Crippen LogP contribution in [0.4, 0.5) is 5.69 Å². The van der Waals surface area contributed by atoms with E-state index < -0.39 is 0 Å². The van der Waals surface area contributed by atoms with Crippen molar-refractivity contribution >= 4 is 27.6 Å².